The van der Waals surface area contributed by atoms with Crippen LogP contribution in [0.3, 0.4) is 0 Å². The maximum Gasteiger partial charge on any atom is 0.164 e. The Kier molecular flexibility index (Phi) is 5.42. The standard InChI is InChI=1S/C37H23N3O/c1-3-9-24(10-4-1)25-15-18-28(19-16-25)36-38-35(27-11-5-2-6-12-27)39-37(40-36)29-20-17-26-21-22-33-34(31(26)23-29)30-13-7-8-14-32(30)41-33/h1-23H. The molecule has 2 aromatic heterocycles. The minimum atomic E-state index is 0.632. The van der Waals surface area contributed by atoms with Gasteiger partial charge in [-0.1, -0.05) is 121 Å². The number of nitrogens with zero attached hydrogens (tertiary/aromatic N) is 3. The molecule has 41 heavy (non-hydrogen) atoms. The summed E-state index contributed by atoms with van der Waals surface area (Å²) in [5, 5.41) is 4.46. The van der Waals surface area contributed by atoms with E-state index in [-0.39, 0.29) is 0 Å². The largest absolute Gasteiger partial charge is 0.456 e. The highest BCUT2D eigenvalue weighted by molar-refractivity contribution is 6.19. The number of hydrogen-bond donors (Lipinski definition) is 0. The summed E-state index contributed by atoms with van der Waals surface area (Å²) in [5.41, 5.74) is 6.89. The third-order valence-electron chi connectivity index (χ3n) is 7.54. The summed E-state index contributed by atoms with van der Waals surface area (Å²) >= 11 is 0. The van der Waals surface area contributed by atoms with Crippen LogP contribution in [0, 0.1) is 0 Å². The van der Waals surface area contributed by atoms with Gasteiger partial charge in [0, 0.05) is 27.5 Å². The van der Waals surface area contributed by atoms with Crippen molar-refractivity contribution in [2.75, 3.05) is 0 Å². The maximum absolute atomic E-state index is 6.16. The van der Waals surface area contributed by atoms with Gasteiger partial charge < -0.3 is 4.42 Å². The molecular weight excluding hydrogens is 502 g/mol. The van der Waals surface area contributed by atoms with Crippen LogP contribution in [-0.2, 0) is 0 Å². The lowest BCUT2D eigenvalue weighted by Crippen LogP contribution is -2.00. The van der Waals surface area contributed by atoms with E-state index < -0.39 is 0 Å². The lowest BCUT2D eigenvalue weighted by Gasteiger charge is -2.10. The van der Waals surface area contributed by atoms with Crippen molar-refractivity contribution in [2.24, 2.45) is 0 Å². The lowest BCUT2D eigenvalue weighted by molar-refractivity contribution is 0.669. The van der Waals surface area contributed by atoms with E-state index in [9.17, 15) is 0 Å². The Hall–Kier alpha value is -5.61. The van der Waals surface area contributed by atoms with Crippen LogP contribution in [0.15, 0.2) is 144 Å². The first-order valence-electron chi connectivity index (χ1n) is 13.6. The molecule has 0 saturated heterocycles. The van der Waals surface area contributed by atoms with E-state index in [0.717, 1.165) is 55.0 Å². The predicted octanol–water partition coefficient (Wildman–Crippen LogP) is 9.59. The zero-order valence-corrected chi connectivity index (χ0v) is 22.0. The van der Waals surface area contributed by atoms with Crippen LogP contribution in [0.2, 0.25) is 0 Å². The summed E-state index contributed by atoms with van der Waals surface area (Å²) in [6, 6.07) is 47.5. The Morgan fingerprint density at radius 3 is 1.61 bits per heavy atom. The summed E-state index contributed by atoms with van der Waals surface area (Å²) in [4.78, 5) is 14.9. The van der Waals surface area contributed by atoms with Gasteiger partial charge in [0.1, 0.15) is 11.2 Å². The summed E-state index contributed by atoms with van der Waals surface area (Å²) in [7, 11) is 0. The third kappa shape index (κ3) is 4.14. The summed E-state index contributed by atoms with van der Waals surface area (Å²) in [6.45, 7) is 0. The molecule has 0 aliphatic rings. The van der Waals surface area contributed by atoms with Crippen molar-refractivity contribution in [1.29, 1.82) is 0 Å². The zero-order chi connectivity index (χ0) is 27.2. The van der Waals surface area contributed by atoms with Gasteiger partial charge in [-0.15, -0.1) is 0 Å². The predicted molar refractivity (Wildman–Crippen MR) is 166 cm³/mol. The molecule has 0 spiro atoms. The SMILES string of the molecule is c1ccc(-c2ccc(-c3nc(-c4ccccc4)nc(-c4ccc5ccc6oc7ccccc7c6c5c4)n3)cc2)cc1. The first kappa shape index (κ1) is 23.3. The number of aromatic nitrogens is 3. The molecule has 6 aromatic carbocycles. The summed E-state index contributed by atoms with van der Waals surface area (Å²) in [5.74, 6) is 1.91. The number of fused-ring (bicyclic) bond motifs is 5. The summed E-state index contributed by atoms with van der Waals surface area (Å²) < 4.78 is 6.16. The number of para-hydroxylation sites is 1. The fraction of sp³-hybridized carbons (Fsp3) is 0. The number of rotatable bonds is 4. The Morgan fingerprint density at radius 1 is 0.366 bits per heavy atom. The number of hydrogen-bond acceptors (Lipinski definition) is 4. The van der Waals surface area contributed by atoms with E-state index in [4.69, 9.17) is 19.4 Å². The van der Waals surface area contributed by atoms with Gasteiger partial charge in [0.25, 0.3) is 0 Å². The maximum atomic E-state index is 6.16. The first-order chi connectivity index (χ1) is 20.3. The molecule has 4 heteroatoms. The molecule has 0 bridgehead atoms. The Morgan fingerprint density at radius 2 is 0.878 bits per heavy atom. The van der Waals surface area contributed by atoms with Gasteiger partial charge in [0.05, 0.1) is 0 Å². The van der Waals surface area contributed by atoms with E-state index in [1.165, 1.54) is 5.56 Å². The van der Waals surface area contributed by atoms with Crippen LogP contribution in [0.5, 0.6) is 0 Å². The average molecular weight is 526 g/mol. The van der Waals surface area contributed by atoms with Crippen LogP contribution in [0.1, 0.15) is 0 Å². The smallest absolute Gasteiger partial charge is 0.164 e. The van der Waals surface area contributed by atoms with Gasteiger partial charge >= 0.3 is 0 Å². The number of benzene rings is 6. The van der Waals surface area contributed by atoms with Crippen molar-refractivity contribution in [3.8, 4) is 45.3 Å². The topological polar surface area (TPSA) is 51.8 Å². The molecule has 0 amide bonds. The highest BCUT2D eigenvalue weighted by Crippen LogP contribution is 2.36. The fourth-order valence-electron chi connectivity index (χ4n) is 5.48. The van der Waals surface area contributed by atoms with Gasteiger partial charge in [-0.05, 0) is 40.1 Å². The molecule has 0 saturated carbocycles. The highest BCUT2D eigenvalue weighted by Gasteiger charge is 2.15. The van der Waals surface area contributed by atoms with E-state index >= 15 is 0 Å². The Bertz CT molecular complexity index is 2180. The van der Waals surface area contributed by atoms with Crippen LogP contribution >= 0.6 is 0 Å². The molecule has 8 rings (SSSR count). The molecule has 192 valence electrons. The molecule has 2 heterocycles. The quantitative estimate of drug-likeness (QED) is 0.230. The zero-order valence-electron chi connectivity index (χ0n) is 22.0. The van der Waals surface area contributed by atoms with Gasteiger partial charge in [-0.2, -0.15) is 0 Å². The monoisotopic (exact) mass is 525 g/mol. The second-order valence-electron chi connectivity index (χ2n) is 10.1. The van der Waals surface area contributed by atoms with Crippen LogP contribution in [0.25, 0.3) is 78.0 Å². The first-order valence-corrected chi connectivity index (χ1v) is 13.6. The van der Waals surface area contributed by atoms with Gasteiger partial charge in [-0.25, -0.2) is 15.0 Å². The molecular formula is C37H23N3O. The van der Waals surface area contributed by atoms with Crippen LogP contribution in [0.4, 0.5) is 0 Å². The molecule has 0 N–H and O–H groups in total. The minimum absolute atomic E-state index is 0.632. The molecule has 0 aliphatic heterocycles. The third-order valence-corrected chi connectivity index (χ3v) is 7.54. The molecule has 0 unspecified atom stereocenters. The normalized spacial score (nSPS) is 11.4. The van der Waals surface area contributed by atoms with Crippen molar-refractivity contribution in [3.05, 3.63) is 140 Å². The highest BCUT2D eigenvalue weighted by atomic mass is 16.3. The van der Waals surface area contributed by atoms with Crippen LogP contribution < -0.4 is 0 Å². The van der Waals surface area contributed by atoms with Gasteiger partial charge in [0.2, 0.25) is 0 Å². The molecule has 0 fully saturated rings. The second kappa shape index (κ2) is 9.54. The molecule has 0 aliphatic carbocycles. The van der Waals surface area contributed by atoms with Crippen molar-refractivity contribution >= 4 is 32.7 Å². The van der Waals surface area contributed by atoms with Crippen LogP contribution in [-0.4, -0.2) is 15.0 Å². The van der Waals surface area contributed by atoms with Crippen molar-refractivity contribution < 1.29 is 4.42 Å². The molecule has 0 atom stereocenters. The van der Waals surface area contributed by atoms with Crippen molar-refractivity contribution in [2.45, 2.75) is 0 Å². The minimum Gasteiger partial charge on any atom is -0.456 e. The molecule has 0 radical (unpaired) electrons. The van der Waals surface area contributed by atoms with E-state index in [1.54, 1.807) is 0 Å². The fourth-order valence-corrected chi connectivity index (χ4v) is 5.48. The second-order valence-corrected chi connectivity index (χ2v) is 10.1. The van der Waals surface area contributed by atoms with E-state index in [1.807, 2.05) is 60.7 Å². The van der Waals surface area contributed by atoms with Crippen molar-refractivity contribution in [1.82, 2.24) is 15.0 Å². The number of furan rings is 1. The van der Waals surface area contributed by atoms with E-state index in [2.05, 4.69) is 78.9 Å². The van der Waals surface area contributed by atoms with Gasteiger partial charge in [0.15, 0.2) is 17.5 Å². The molecule has 8 aromatic rings. The summed E-state index contributed by atoms with van der Waals surface area (Å²) in [6.07, 6.45) is 0. The van der Waals surface area contributed by atoms with Gasteiger partial charge in [-0.3, -0.25) is 0 Å². The average Bonchev–Trinajstić information content (AvgIpc) is 3.44. The van der Waals surface area contributed by atoms with E-state index in [0.29, 0.717) is 17.5 Å². The Labute approximate surface area is 236 Å². The lowest BCUT2D eigenvalue weighted by atomic mass is 10.0. The van der Waals surface area contributed by atoms with Crippen molar-refractivity contribution in [3.63, 3.8) is 0 Å². The Balaban J connectivity index is 1.31. The molecule has 4 nitrogen and oxygen atoms in total.